The number of esters is 1. The molecule has 0 N–H and O–H groups in total. The molecule has 0 aromatic carbocycles. The monoisotopic (exact) mass is 493 g/mol. The molecule has 0 aromatic heterocycles. The summed E-state index contributed by atoms with van der Waals surface area (Å²) in [4.78, 5) is 14.3. The van der Waals surface area contributed by atoms with Gasteiger partial charge >= 0.3 is 5.97 Å². The summed E-state index contributed by atoms with van der Waals surface area (Å²) >= 11 is 0. The second-order valence-electron chi connectivity index (χ2n) is 11.0. The van der Waals surface area contributed by atoms with Crippen LogP contribution in [0.15, 0.2) is 12.2 Å². The third-order valence-corrected chi connectivity index (χ3v) is 7.18. The molecule has 0 saturated carbocycles. The van der Waals surface area contributed by atoms with E-state index in [9.17, 15) is 4.79 Å². The van der Waals surface area contributed by atoms with Crippen LogP contribution in [0.2, 0.25) is 0 Å². The van der Waals surface area contributed by atoms with E-state index in [1.165, 1.54) is 122 Å². The summed E-state index contributed by atoms with van der Waals surface area (Å²) in [6.07, 6.45) is 32.6. The SMILES string of the molecule is CCCCC/C=C\COC(=O)CCCCC(CCCCCCCCCCCCCC)CCN(C)C. The van der Waals surface area contributed by atoms with Crippen LogP contribution < -0.4 is 0 Å². The Morgan fingerprint density at radius 2 is 1.17 bits per heavy atom. The fourth-order valence-electron chi connectivity index (χ4n) is 4.76. The number of ether oxygens (including phenoxy) is 1. The van der Waals surface area contributed by atoms with Crippen molar-refractivity contribution >= 4 is 5.97 Å². The highest BCUT2D eigenvalue weighted by atomic mass is 16.5. The highest BCUT2D eigenvalue weighted by molar-refractivity contribution is 5.69. The van der Waals surface area contributed by atoms with Gasteiger partial charge in [-0.25, -0.2) is 0 Å². The lowest BCUT2D eigenvalue weighted by molar-refractivity contribution is -0.142. The van der Waals surface area contributed by atoms with Crippen molar-refractivity contribution < 1.29 is 9.53 Å². The lowest BCUT2D eigenvalue weighted by Crippen LogP contribution is -2.17. The second-order valence-corrected chi connectivity index (χ2v) is 11.0. The minimum absolute atomic E-state index is 0.0333. The van der Waals surface area contributed by atoms with Crippen molar-refractivity contribution in [1.29, 1.82) is 0 Å². The Hall–Kier alpha value is -0.830. The molecule has 1 unspecified atom stereocenters. The normalized spacial score (nSPS) is 12.6. The molecule has 0 bridgehead atoms. The molecule has 208 valence electrons. The van der Waals surface area contributed by atoms with E-state index in [2.05, 4.69) is 38.9 Å². The van der Waals surface area contributed by atoms with Gasteiger partial charge < -0.3 is 9.64 Å². The van der Waals surface area contributed by atoms with Crippen LogP contribution in [0.1, 0.15) is 155 Å². The molecule has 0 amide bonds. The standard InChI is InChI=1S/C32H63NO2/c1-5-7-9-11-13-14-15-16-17-18-19-21-25-31(28-29-33(3)4)26-22-23-27-32(34)35-30-24-20-12-10-8-6-2/h20,24,31H,5-19,21-23,25-30H2,1-4H3/b24-20-. The molecule has 0 aromatic rings. The molecule has 0 rings (SSSR count). The summed E-state index contributed by atoms with van der Waals surface area (Å²) in [7, 11) is 4.35. The van der Waals surface area contributed by atoms with Gasteiger partial charge in [0.05, 0.1) is 0 Å². The summed E-state index contributed by atoms with van der Waals surface area (Å²) in [5.74, 6) is 0.775. The first-order valence-electron chi connectivity index (χ1n) is 15.5. The Morgan fingerprint density at radius 3 is 1.74 bits per heavy atom. The topological polar surface area (TPSA) is 29.5 Å². The number of rotatable bonds is 27. The average molecular weight is 494 g/mol. The lowest BCUT2D eigenvalue weighted by Gasteiger charge is -2.19. The van der Waals surface area contributed by atoms with E-state index in [1.807, 2.05) is 6.08 Å². The quantitative estimate of drug-likeness (QED) is 0.0647. The molecule has 0 spiro atoms. The molecular weight excluding hydrogens is 430 g/mol. The Balaban J connectivity index is 3.79. The van der Waals surface area contributed by atoms with E-state index in [-0.39, 0.29) is 5.97 Å². The molecule has 1 atom stereocenters. The van der Waals surface area contributed by atoms with Crippen molar-refractivity contribution in [3.8, 4) is 0 Å². The van der Waals surface area contributed by atoms with Crippen molar-refractivity contribution in [1.82, 2.24) is 4.90 Å². The zero-order chi connectivity index (χ0) is 25.8. The van der Waals surface area contributed by atoms with Crippen LogP contribution in [-0.4, -0.2) is 38.1 Å². The summed E-state index contributed by atoms with van der Waals surface area (Å²) in [5, 5.41) is 0. The van der Waals surface area contributed by atoms with Gasteiger partial charge in [0.25, 0.3) is 0 Å². The fraction of sp³-hybridized carbons (Fsp3) is 0.906. The largest absolute Gasteiger partial charge is 0.461 e. The summed E-state index contributed by atoms with van der Waals surface area (Å²) in [6, 6.07) is 0. The Labute approximate surface area is 220 Å². The zero-order valence-corrected chi connectivity index (χ0v) is 24.5. The fourth-order valence-corrected chi connectivity index (χ4v) is 4.76. The highest BCUT2D eigenvalue weighted by Crippen LogP contribution is 2.22. The smallest absolute Gasteiger partial charge is 0.306 e. The first-order chi connectivity index (χ1) is 17.1. The number of hydrogen-bond donors (Lipinski definition) is 0. The van der Waals surface area contributed by atoms with Crippen LogP contribution in [0.4, 0.5) is 0 Å². The summed E-state index contributed by atoms with van der Waals surface area (Å²) in [5.41, 5.74) is 0. The highest BCUT2D eigenvalue weighted by Gasteiger charge is 2.10. The molecule has 0 aliphatic rings. The predicted molar refractivity (Wildman–Crippen MR) is 155 cm³/mol. The van der Waals surface area contributed by atoms with Gasteiger partial charge in [0, 0.05) is 6.42 Å². The van der Waals surface area contributed by atoms with Crippen molar-refractivity contribution in [2.75, 3.05) is 27.2 Å². The van der Waals surface area contributed by atoms with Gasteiger partial charge in [-0.05, 0) is 52.2 Å². The molecule has 3 heteroatoms. The Bertz CT molecular complexity index is 460. The molecule has 35 heavy (non-hydrogen) atoms. The molecule has 3 nitrogen and oxygen atoms in total. The van der Waals surface area contributed by atoms with Crippen molar-refractivity contribution in [2.24, 2.45) is 5.92 Å². The van der Waals surface area contributed by atoms with E-state index in [0.29, 0.717) is 13.0 Å². The predicted octanol–water partition coefficient (Wildman–Crippen LogP) is 9.89. The van der Waals surface area contributed by atoms with Crippen LogP contribution in [0.25, 0.3) is 0 Å². The van der Waals surface area contributed by atoms with E-state index < -0.39 is 0 Å². The van der Waals surface area contributed by atoms with Crippen LogP contribution in [0, 0.1) is 5.92 Å². The summed E-state index contributed by atoms with van der Waals surface area (Å²) < 4.78 is 5.35. The lowest BCUT2D eigenvalue weighted by atomic mass is 9.91. The van der Waals surface area contributed by atoms with E-state index >= 15 is 0 Å². The maximum atomic E-state index is 12.0. The Kier molecular flexibility index (Phi) is 27.1. The van der Waals surface area contributed by atoms with E-state index in [0.717, 1.165) is 25.2 Å². The van der Waals surface area contributed by atoms with Gasteiger partial charge in [-0.3, -0.25) is 4.79 Å². The van der Waals surface area contributed by atoms with Crippen LogP contribution >= 0.6 is 0 Å². The summed E-state index contributed by atoms with van der Waals surface area (Å²) in [6.45, 7) is 6.12. The van der Waals surface area contributed by atoms with Crippen molar-refractivity contribution in [3.05, 3.63) is 12.2 Å². The van der Waals surface area contributed by atoms with Crippen LogP contribution in [0.3, 0.4) is 0 Å². The van der Waals surface area contributed by atoms with Gasteiger partial charge in [0.15, 0.2) is 0 Å². The number of carbonyl (C=O) groups is 1. The third kappa shape index (κ3) is 27.6. The first-order valence-corrected chi connectivity index (χ1v) is 15.5. The van der Waals surface area contributed by atoms with Crippen LogP contribution in [-0.2, 0) is 9.53 Å². The van der Waals surface area contributed by atoms with Crippen molar-refractivity contribution in [2.45, 2.75) is 155 Å². The zero-order valence-electron chi connectivity index (χ0n) is 24.5. The van der Waals surface area contributed by atoms with E-state index in [4.69, 9.17) is 4.74 Å². The molecule has 0 saturated heterocycles. The number of hydrogen-bond acceptors (Lipinski definition) is 3. The maximum absolute atomic E-state index is 12.0. The maximum Gasteiger partial charge on any atom is 0.306 e. The van der Waals surface area contributed by atoms with Gasteiger partial charge in [0.1, 0.15) is 6.61 Å². The first kappa shape index (κ1) is 34.2. The number of nitrogens with zero attached hydrogens (tertiary/aromatic N) is 1. The minimum Gasteiger partial charge on any atom is -0.461 e. The van der Waals surface area contributed by atoms with Gasteiger partial charge in [-0.15, -0.1) is 0 Å². The molecule has 0 aliphatic heterocycles. The molecular formula is C32H63NO2. The van der Waals surface area contributed by atoms with Gasteiger partial charge in [-0.1, -0.05) is 135 Å². The molecule has 0 radical (unpaired) electrons. The number of carbonyl (C=O) groups excluding carboxylic acids is 1. The Morgan fingerprint density at radius 1 is 0.657 bits per heavy atom. The van der Waals surface area contributed by atoms with Crippen LogP contribution in [0.5, 0.6) is 0 Å². The average Bonchev–Trinajstić information content (AvgIpc) is 2.84. The minimum atomic E-state index is -0.0333. The molecule has 0 heterocycles. The third-order valence-electron chi connectivity index (χ3n) is 7.18. The van der Waals surface area contributed by atoms with Crippen molar-refractivity contribution in [3.63, 3.8) is 0 Å². The molecule has 0 fully saturated rings. The number of allylic oxidation sites excluding steroid dienone is 1. The second kappa shape index (κ2) is 27.8. The number of unbranched alkanes of at least 4 members (excludes halogenated alkanes) is 15. The van der Waals surface area contributed by atoms with E-state index in [1.54, 1.807) is 0 Å². The van der Waals surface area contributed by atoms with Gasteiger partial charge in [-0.2, -0.15) is 0 Å². The van der Waals surface area contributed by atoms with Gasteiger partial charge in [0.2, 0.25) is 0 Å². The molecule has 0 aliphatic carbocycles.